The molecule has 0 N–H and O–H groups in total. The van der Waals surface area contributed by atoms with Crippen LogP contribution in [0, 0.1) is 45.8 Å². The predicted octanol–water partition coefficient (Wildman–Crippen LogP) is 5.36. The number of ketones is 2. The molecule has 2 nitrogen and oxygen atoms in total. The van der Waals surface area contributed by atoms with Crippen molar-refractivity contribution in [1.82, 2.24) is 0 Å². The molecule has 2 heteroatoms. The Balaban J connectivity index is 1.56. The number of carbonyl (C=O) groups is 2. The van der Waals surface area contributed by atoms with Crippen LogP contribution in [-0.2, 0) is 9.59 Å². The summed E-state index contributed by atoms with van der Waals surface area (Å²) in [5, 5.41) is 0. The lowest BCUT2D eigenvalue weighted by atomic mass is 9.41. The van der Waals surface area contributed by atoms with Gasteiger partial charge in [0.05, 0.1) is 0 Å². The zero-order valence-electron chi connectivity index (χ0n) is 16.9. The average Bonchev–Trinajstić information content (AvgIpc) is 2.72. The molecule has 0 aromatic rings. The number of rotatable bonds is 1. The van der Waals surface area contributed by atoms with Crippen molar-refractivity contribution in [3.8, 4) is 0 Å². The van der Waals surface area contributed by atoms with Crippen LogP contribution in [0.25, 0.3) is 0 Å². The molecule has 4 saturated carbocycles. The minimum absolute atomic E-state index is 0.00538. The van der Waals surface area contributed by atoms with Crippen LogP contribution < -0.4 is 0 Å². The topological polar surface area (TPSA) is 34.1 Å². The molecule has 0 unspecified atom stereocenters. The summed E-state index contributed by atoms with van der Waals surface area (Å²) in [6, 6.07) is 0. The minimum atomic E-state index is 0.00538. The Bertz CT molecular complexity index is 720. The molecule has 142 valence electrons. The maximum atomic E-state index is 12.8. The lowest BCUT2D eigenvalue weighted by Gasteiger charge is -2.62. The third-order valence-corrected chi connectivity index (χ3v) is 10.4. The third kappa shape index (κ3) is 1.75. The van der Waals surface area contributed by atoms with Gasteiger partial charge < -0.3 is 0 Å². The zero-order chi connectivity index (χ0) is 18.5. The van der Waals surface area contributed by atoms with E-state index in [9.17, 15) is 9.59 Å². The Morgan fingerprint density at radius 2 is 1.85 bits per heavy atom. The van der Waals surface area contributed by atoms with E-state index in [2.05, 4.69) is 20.8 Å². The molecule has 0 aliphatic heterocycles. The number of hydrogen-bond acceptors (Lipinski definition) is 2. The lowest BCUT2D eigenvalue weighted by Crippen LogP contribution is -2.57. The summed E-state index contributed by atoms with van der Waals surface area (Å²) in [7, 11) is 0. The van der Waals surface area contributed by atoms with Crippen LogP contribution in [0.3, 0.4) is 0 Å². The zero-order valence-corrected chi connectivity index (χ0v) is 16.9. The van der Waals surface area contributed by atoms with Crippen molar-refractivity contribution in [3.05, 3.63) is 11.6 Å². The van der Waals surface area contributed by atoms with Crippen molar-refractivity contribution in [2.24, 2.45) is 45.8 Å². The molecule has 0 radical (unpaired) electrons. The number of hydrogen-bond donors (Lipinski definition) is 0. The standard InChI is InChI=1S/C24H34O2/c1-14-11-18-19(22(3)8-6-17(26)13-20(14)22)7-9-23(4)21(18)12-16-5-10-24(16,23)15(2)25/h13-14,16,18-19,21H,5-12H2,1-4H3/t14-,16+,18+,19-,21-,22+,23-,24-/m0/s1. The van der Waals surface area contributed by atoms with Gasteiger partial charge in [0.25, 0.3) is 0 Å². The molecule has 4 fully saturated rings. The Morgan fingerprint density at radius 3 is 2.50 bits per heavy atom. The number of Topliss-reactive ketones (excluding diaryl/α,β-unsaturated/α-hetero) is 1. The van der Waals surface area contributed by atoms with Crippen LogP contribution in [-0.4, -0.2) is 11.6 Å². The summed E-state index contributed by atoms with van der Waals surface area (Å²) in [5.74, 6) is 4.20. The van der Waals surface area contributed by atoms with Gasteiger partial charge in [-0.1, -0.05) is 26.3 Å². The van der Waals surface area contributed by atoms with Gasteiger partial charge in [-0.05, 0) is 98.4 Å². The SMILES string of the molecule is CC(=O)[C@@]12CC[C@@H]1C[C@H]1[C@@H]3C[C@H](C)C4=CC(=O)CC[C@]4(C)[C@H]3CC[C@@]12C. The van der Waals surface area contributed by atoms with Gasteiger partial charge in [-0.3, -0.25) is 9.59 Å². The van der Waals surface area contributed by atoms with E-state index in [-0.39, 0.29) is 16.2 Å². The second-order valence-electron chi connectivity index (χ2n) is 11.0. The van der Waals surface area contributed by atoms with Crippen molar-refractivity contribution in [2.45, 2.75) is 79.1 Å². The highest BCUT2D eigenvalue weighted by Gasteiger charge is 2.72. The normalized spacial score (nSPS) is 55.0. The van der Waals surface area contributed by atoms with Crippen LogP contribution in [0.2, 0.25) is 0 Å². The summed E-state index contributed by atoms with van der Waals surface area (Å²) in [6.45, 7) is 9.18. The van der Waals surface area contributed by atoms with Crippen LogP contribution >= 0.6 is 0 Å². The molecule has 0 bridgehead atoms. The summed E-state index contributed by atoms with van der Waals surface area (Å²) in [5.41, 5.74) is 1.92. The molecule has 5 aliphatic rings. The van der Waals surface area contributed by atoms with Crippen LogP contribution in [0.1, 0.15) is 79.1 Å². The molecule has 0 saturated heterocycles. The maximum Gasteiger partial charge on any atom is 0.155 e. The van der Waals surface area contributed by atoms with E-state index in [0.717, 1.165) is 37.0 Å². The van der Waals surface area contributed by atoms with E-state index in [1.807, 2.05) is 13.0 Å². The molecule has 5 aliphatic carbocycles. The van der Waals surface area contributed by atoms with E-state index in [4.69, 9.17) is 0 Å². The Kier molecular flexibility index (Phi) is 3.38. The van der Waals surface area contributed by atoms with Crippen LogP contribution in [0.5, 0.6) is 0 Å². The van der Waals surface area contributed by atoms with E-state index in [0.29, 0.717) is 23.4 Å². The molecule has 0 heterocycles. The second kappa shape index (κ2) is 5.11. The molecule has 0 aromatic heterocycles. The first-order chi connectivity index (χ1) is 12.2. The van der Waals surface area contributed by atoms with Gasteiger partial charge in [0, 0.05) is 11.8 Å². The highest BCUT2D eigenvalue weighted by molar-refractivity contribution is 5.91. The van der Waals surface area contributed by atoms with Gasteiger partial charge in [-0.2, -0.15) is 0 Å². The van der Waals surface area contributed by atoms with Crippen molar-refractivity contribution in [3.63, 3.8) is 0 Å². The Hall–Kier alpha value is -0.920. The van der Waals surface area contributed by atoms with Crippen LogP contribution in [0.4, 0.5) is 0 Å². The van der Waals surface area contributed by atoms with Gasteiger partial charge in [0.15, 0.2) is 5.78 Å². The van der Waals surface area contributed by atoms with Crippen molar-refractivity contribution >= 4 is 11.6 Å². The molecular weight excluding hydrogens is 320 g/mol. The van der Waals surface area contributed by atoms with Gasteiger partial charge >= 0.3 is 0 Å². The number of allylic oxidation sites excluding steroid dienone is 1. The summed E-state index contributed by atoms with van der Waals surface area (Å²) >= 11 is 0. The van der Waals surface area contributed by atoms with Gasteiger partial charge in [0.2, 0.25) is 0 Å². The summed E-state index contributed by atoms with van der Waals surface area (Å²) < 4.78 is 0. The highest BCUT2D eigenvalue weighted by atomic mass is 16.1. The monoisotopic (exact) mass is 354 g/mol. The van der Waals surface area contributed by atoms with Gasteiger partial charge in [-0.15, -0.1) is 0 Å². The molecular formula is C24H34O2. The molecule has 8 atom stereocenters. The first-order valence-electron chi connectivity index (χ1n) is 11.0. The minimum Gasteiger partial charge on any atom is -0.299 e. The predicted molar refractivity (Wildman–Crippen MR) is 102 cm³/mol. The summed E-state index contributed by atoms with van der Waals surface area (Å²) in [4.78, 5) is 24.9. The van der Waals surface area contributed by atoms with Gasteiger partial charge in [-0.25, -0.2) is 0 Å². The van der Waals surface area contributed by atoms with E-state index in [1.54, 1.807) is 0 Å². The summed E-state index contributed by atoms with van der Waals surface area (Å²) in [6.07, 6.45) is 11.2. The van der Waals surface area contributed by atoms with E-state index < -0.39 is 0 Å². The fourth-order valence-corrected chi connectivity index (χ4v) is 9.17. The van der Waals surface area contributed by atoms with Crippen LogP contribution in [0.15, 0.2) is 11.6 Å². The van der Waals surface area contributed by atoms with Crippen molar-refractivity contribution in [2.75, 3.05) is 0 Å². The van der Waals surface area contributed by atoms with Crippen molar-refractivity contribution < 1.29 is 9.59 Å². The highest BCUT2D eigenvalue weighted by Crippen LogP contribution is 2.76. The maximum absolute atomic E-state index is 12.8. The lowest BCUT2D eigenvalue weighted by molar-refractivity contribution is -0.157. The molecule has 5 rings (SSSR count). The van der Waals surface area contributed by atoms with Crippen molar-refractivity contribution in [1.29, 1.82) is 0 Å². The average molecular weight is 355 g/mol. The third-order valence-electron chi connectivity index (χ3n) is 10.4. The fourth-order valence-electron chi connectivity index (χ4n) is 9.17. The Labute approximate surface area is 158 Å². The molecule has 0 amide bonds. The number of carbonyl (C=O) groups excluding carboxylic acids is 2. The quantitative estimate of drug-likeness (QED) is 0.635. The number of fused-ring (bicyclic) bond motifs is 7. The first-order valence-corrected chi connectivity index (χ1v) is 11.0. The second-order valence-corrected chi connectivity index (χ2v) is 11.0. The molecule has 0 spiro atoms. The molecule has 0 aromatic carbocycles. The van der Waals surface area contributed by atoms with E-state index >= 15 is 0 Å². The van der Waals surface area contributed by atoms with E-state index in [1.165, 1.54) is 37.7 Å². The Morgan fingerprint density at radius 1 is 1.08 bits per heavy atom. The largest absolute Gasteiger partial charge is 0.299 e. The fraction of sp³-hybridized carbons (Fsp3) is 0.833. The molecule has 26 heavy (non-hydrogen) atoms. The smallest absolute Gasteiger partial charge is 0.155 e. The van der Waals surface area contributed by atoms with Gasteiger partial charge in [0.1, 0.15) is 5.78 Å². The first kappa shape index (κ1) is 17.2.